The standard InChI is InChI=1S/C17H15F3O2/c1-11(21)16(14-5-3-4-6-15(14)22-2)12-7-9-13(10-8-12)17(18,19)20/h3-10,16H,1-2H3. The van der Waals surface area contributed by atoms with Gasteiger partial charge in [0.15, 0.2) is 0 Å². The van der Waals surface area contributed by atoms with Crippen LogP contribution in [-0.4, -0.2) is 12.9 Å². The lowest BCUT2D eigenvalue weighted by molar-refractivity contribution is -0.137. The molecule has 2 nitrogen and oxygen atoms in total. The van der Waals surface area contributed by atoms with E-state index in [-0.39, 0.29) is 5.78 Å². The lowest BCUT2D eigenvalue weighted by Crippen LogP contribution is -2.12. The minimum Gasteiger partial charge on any atom is -0.496 e. The van der Waals surface area contributed by atoms with Crippen molar-refractivity contribution in [2.45, 2.75) is 19.0 Å². The summed E-state index contributed by atoms with van der Waals surface area (Å²) < 4.78 is 43.1. The van der Waals surface area contributed by atoms with E-state index in [1.807, 2.05) is 0 Å². The molecule has 5 heteroatoms. The van der Waals surface area contributed by atoms with E-state index in [0.29, 0.717) is 16.9 Å². The Hall–Kier alpha value is -2.30. The number of carbonyl (C=O) groups excluding carboxylic acids is 1. The molecule has 0 aromatic heterocycles. The molecule has 22 heavy (non-hydrogen) atoms. The molecule has 0 aliphatic carbocycles. The Kier molecular flexibility index (Phi) is 4.54. The van der Waals surface area contributed by atoms with Crippen LogP contribution in [-0.2, 0) is 11.0 Å². The molecule has 0 spiro atoms. The van der Waals surface area contributed by atoms with Gasteiger partial charge in [-0.25, -0.2) is 0 Å². The number of Topliss-reactive ketones (excluding diaryl/α,β-unsaturated/α-hetero) is 1. The van der Waals surface area contributed by atoms with Crippen LogP contribution < -0.4 is 4.74 Å². The fourth-order valence-corrected chi connectivity index (χ4v) is 2.40. The third-order valence-electron chi connectivity index (χ3n) is 3.43. The van der Waals surface area contributed by atoms with Crippen LogP contribution in [0.2, 0.25) is 0 Å². The predicted octanol–water partition coefficient (Wildman–Crippen LogP) is 4.43. The van der Waals surface area contributed by atoms with Crippen LogP contribution >= 0.6 is 0 Å². The molecule has 2 rings (SSSR count). The van der Waals surface area contributed by atoms with Crippen LogP contribution in [0.5, 0.6) is 5.75 Å². The molecular formula is C17H15F3O2. The maximum Gasteiger partial charge on any atom is 0.416 e. The molecule has 0 aliphatic heterocycles. The van der Waals surface area contributed by atoms with E-state index in [1.165, 1.54) is 26.2 Å². The molecule has 2 aromatic carbocycles. The number of alkyl halides is 3. The highest BCUT2D eigenvalue weighted by molar-refractivity contribution is 5.87. The van der Waals surface area contributed by atoms with E-state index in [4.69, 9.17) is 4.74 Å². The second-order valence-corrected chi connectivity index (χ2v) is 4.91. The number of carbonyl (C=O) groups is 1. The van der Waals surface area contributed by atoms with Gasteiger partial charge < -0.3 is 4.74 Å². The first kappa shape index (κ1) is 16.1. The van der Waals surface area contributed by atoms with Crippen LogP contribution in [0, 0.1) is 0 Å². The van der Waals surface area contributed by atoms with Crippen molar-refractivity contribution in [1.82, 2.24) is 0 Å². The minimum absolute atomic E-state index is 0.163. The highest BCUT2D eigenvalue weighted by atomic mass is 19.4. The molecule has 2 aromatic rings. The zero-order chi connectivity index (χ0) is 16.3. The molecule has 0 saturated heterocycles. The zero-order valence-electron chi connectivity index (χ0n) is 12.1. The molecule has 0 bridgehead atoms. The summed E-state index contributed by atoms with van der Waals surface area (Å²) in [7, 11) is 1.49. The molecule has 0 aliphatic rings. The number of para-hydroxylation sites is 1. The number of halogens is 3. The van der Waals surface area contributed by atoms with Crippen LogP contribution in [0.4, 0.5) is 13.2 Å². The third kappa shape index (κ3) is 3.30. The summed E-state index contributed by atoms with van der Waals surface area (Å²) in [6.07, 6.45) is -4.39. The summed E-state index contributed by atoms with van der Waals surface area (Å²) in [5.41, 5.74) is 0.404. The number of benzene rings is 2. The van der Waals surface area contributed by atoms with Crippen LogP contribution in [0.25, 0.3) is 0 Å². The number of ketones is 1. The van der Waals surface area contributed by atoms with E-state index in [2.05, 4.69) is 0 Å². The van der Waals surface area contributed by atoms with Crippen LogP contribution in [0.15, 0.2) is 48.5 Å². The Morgan fingerprint density at radius 2 is 1.64 bits per heavy atom. The molecule has 0 heterocycles. The van der Waals surface area contributed by atoms with Gasteiger partial charge in [0.1, 0.15) is 11.5 Å². The van der Waals surface area contributed by atoms with Gasteiger partial charge in [-0.1, -0.05) is 30.3 Å². The fraction of sp³-hybridized carbons (Fsp3) is 0.235. The molecular weight excluding hydrogens is 293 g/mol. The highest BCUT2D eigenvalue weighted by Crippen LogP contribution is 2.35. The molecule has 0 radical (unpaired) electrons. The number of hydrogen-bond donors (Lipinski definition) is 0. The summed E-state index contributed by atoms with van der Waals surface area (Å²) in [5.74, 6) is -0.287. The molecule has 1 atom stereocenters. The van der Waals surface area contributed by atoms with Gasteiger partial charge in [-0.05, 0) is 30.7 Å². The third-order valence-corrected chi connectivity index (χ3v) is 3.43. The van der Waals surface area contributed by atoms with Gasteiger partial charge in [0.25, 0.3) is 0 Å². The topological polar surface area (TPSA) is 26.3 Å². The van der Waals surface area contributed by atoms with Gasteiger partial charge in [0, 0.05) is 5.56 Å². The second-order valence-electron chi connectivity index (χ2n) is 4.91. The van der Waals surface area contributed by atoms with Gasteiger partial charge in [-0.2, -0.15) is 13.2 Å². The van der Waals surface area contributed by atoms with Gasteiger partial charge >= 0.3 is 6.18 Å². The first-order valence-electron chi connectivity index (χ1n) is 6.65. The van der Waals surface area contributed by atoms with Crippen molar-refractivity contribution in [2.75, 3.05) is 7.11 Å². The number of hydrogen-bond acceptors (Lipinski definition) is 2. The maximum absolute atomic E-state index is 12.6. The lowest BCUT2D eigenvalue weighted by atomic mass is 9.87. The van der Waals surface area contributed by atoms with Crippen molar-refractivity contribution in [1.29, 1.82) is 0 Å². The Labute approximate surface area is 126 Å². The van der Waals surface area contributed by atoms with Gasteiger partial charge in [0.05, 0.1) is 18.6 Å². The van der Waals surface area contributed by atoms with Crippen molar-refractivity contribution >= 4 is 5.78 Å². The summed E-state index contributed by atoms with van der Waals surface area (Å²) in [6.45, 7) is 1.41. The van der Waals surface area contributed by atoms with Crippen molar-refractivity contribution in [3.63, 3.8) is 0 Å². The van der Waals surface area contributed by atoms with Crippen molar-refractivity contribution in [3.05, 3.63) is 65.2 Å². The maximum atomic E-state index is 12.6. The average molecular weight is 308 g/mol. The predicted molar refractivity (Wildman–Crippen MR) is 77.0 cm³/mol. The number of methoxy groups -OCH3 is 1. The normalized spacial score (nSPS) is 12.8. The van der Waals surface area contributed by atoms with E-state index in [9.17, 15) is 18.0 Å². The van der Waals surface area contributed by atoms with E-state index in [1.54, 1.807) is 24.3 Å². The monoisotopic (exact) mass is 308 g/mol. The largest absolute Gasteiger partial charge is 0.496 e. The molecule has 0 N–H and O–H groups in total. The van der Waals surface area contributed by atoms with Gasteiger partial charge in [-0.3, -0.25) is 4.79 Å². The average Bonchev–Trinajstić information content (AvgIpc) is 2.47. The molecule has 0 saturated carbocycles. The summed E-state index contributed by atoms with van der Waals surface area (Å²) >= 11 is 0. The highest BCUT2D eigenvalue weighted by Gasteiger charge is 2.31. The van der Waals surface area contributed by atoms with E-state index in [0.717, 1.165) is 12.1 Å². The van der Waals surface area contributed by atoms with E-state index < -0.39 is 17.7 Å². The molecule has 116 valence electrons. The first-order valence-corrected chi connectivity index (χ1v) is 6.65. The summed E-state index contributed by atoms with van der Waals surface area (Å²) in [4.78, 5) is 12.0. The van der Waals surface area contributed by atoms with E-state index >= 15 is 0 Å². The summed E-state index contributed by atoms with van der Waals surface area (Å²) in [5, 5.41) is 0. The van der Waals surface area contributed by atoms with Crippen molar-refractivity contribution < 1.29 is 22.7 Å². The lowest BCUT2D eigenvalue weighted by Gasteiger charge is -2.18. The Morgan fingerprint density at radius 1 is 1.05 bits per heavy atom. The van der Waals surface area contributed by atoms with Gasteiger partial charge in [-0.15, -0.1) is 0 Å². The quantitative estimate of drug-likeness (QED) is 0.835. The number of ether oxygens (including phenoxy) is 1. The molecule has 1 unspecified atom stereocenters. The van der Waals surface area contributed by atoms with Crippen LogP contribution in [0.1, 0.15) is 29.5 Å². The minimum atomic E-state index is -4.39. The van der Waals surface area contributed by atoms with Crippen molar-refractivity contribution in [3.8, 4) is 5.75 Å². The Bertz CT molecular complexity index is 660. The smallest absolute Gasteiger partial charge is 0.416 e. The fourth-order valence-electron chi connectivity index (χ4n) is 2.40. The summed E-state index contributed by atoms with van der Waals surface area (Å²) in [6, 6.07) is 11.6. The Balaban J connectivity index is 2.47. The first-order chi connectivity index (χ1) is 10.3. The van der Waals surface area contributed by atoms with Crippen LogP contribution in [0.3, 0.4) is 0 Å². The Morgan fingerprint density at radius 3 is 2.14 bits per heavy atom. The zero-order valence-corrected chi connectivity index (χ0v) is 12.1. The van der Waals surface area contributed by atoms with Crippen molar-refractivity contribution in [2.24, 2.45) is 0 Å². The SMILES string of the molecule is COc1ccccc1C(C(C)=O)c1ccc(C(F)(F)F)cc1. The second kappa shape index (κ2) is 6.22. The molecule has 0 fully saturated rings. The van der Waals surface area contributed by atoms with Gasteiger partial charge in [0.2, 0.25) is 0 Å². The molecule has 0 amide bonds. The number of rotatable bonds is 4.